The van der Waals surface area contributed by atoms with Gasteiger partial charge in [-0.25, -0.2) is 4.79 Å². The number of nitrogens with one attached hydrogen (secondary N) is 2. The molecule has 1 aromatic heterocycles. The van der Waals surface area contributed by atoms with E-state index in [9.17, 15) is 14.4 Å². The van der Waals surface area contributed by atoms with Gasteiger partial charge >= 0.3 is 6.09 Å². The quantitative estimate of drug-likeness (QED) is 0.264. The molecule has 1 saturated heterocycles. The Balaban J connectivity index is 0.000000283. The highest BCUT2D eigenvalue weighted by Crippen LogP contribution is 2.43. The number of benzene rings is 2. The molecular weight excluding hydrogens is 542 g/mol. The van der Waals surface area contributed by atoms with Crippen LogP contribution in [0.1, 0.15) is 86.1 Å². The largest absolute Gasteiger partial charge is 0.465 e. The Hall–Kier alpha value is -3.85. The number of primary amides is 1. The highest BCUT2D eigenvalue weighted by Gasteiger charge is 2.35. The maximum atomic E-state index is 13.1. The van der Waals surface area contributed by atoms with Crippen LogP contribution in [0.25, 0.3) is 22.0 Å². The van der Waals surface area contributed by atoms with Crippen LogP contribution < -0.4 is 16.4 Å². The van der Waals surface area contributed by atoms with E-state index in [2.05, 4.69) is 41.5 Å². The number of nitrogens with zero attached hydrogens (tertiary/aromatic N) is 2. The number of hydrogen-bond acceptors (Lipinski definition) is 5. The topological polar surface area (TPSA) is 130 Å². The van der Waals surface area contributed by atoms with Gasteiger partial charge in [-0.1, -0.05) is 57.4 Å². The van der Waals surface area contributed by atoms with E-state index >= 15 is 0 Å². The summed E-state index contributed by atoms with van der Waals surface area (Å²) in [5, 5.41) is 15.3. The molecular formula is C34H45N5O4. The smallest absolute Gasteiger partial charge is 0.404 e. The second-order valence-corrected chi connectivity index (χ2v) is 13.0. The number of hydrogen-bond donors (Lipinski definition) is 4. The number of para-hydroxylation sites is 1. The van der Waals surface area contributed by atoms with Gasteiger partial charge in [0.1, 0.15) is 0 Å². The molecule has 0 bridgehead atoms. The number of likely N-dealkylation sites (tertiary alicyclic amines) is 1. The molecule has 1 aliphatic carbocycles. The zero-order valence-corrected chi connectivity index (χ0v) is 25.5. The van der Waals surface area contributed by atoms with Crippen LogP contribution in [0.2, 0.25) is 0 Å². The molecule has 43 heavy (non-hydrogen) atoms. The first-order valence-electron chi connectivity index (χ1n) is 15.7. The molecule has 6 rings (SSSR count). The minimum absolute atomic E-state index is 0.0907. The third kappa shape index (κ3) is 7.21. The number of fused-ring (bicyclic) bond motifs is 3. The van der Waals surface area contributed by atoms with Gasteiger partial charge in [-0.15, -0.1) is 0 Å². The summed E-state index contributed by atoms with van der Waals surface area (Å²) in [6.07, 6.45) is 8.85. The molecule has 2 aliphatic heterocycles. The summed E-state index contributed by atoms with van der Waals surface area (Å²) in [4.78, 5) is 37.6. The molecule has 3 aromatic rings. The summed E-state index contributed by atoms with van der Waals surface area (Å²) >= 11 is 0. The molecule has 2 aromatic carbocycles. The average Bonchev–Trinajstić information content (AvgIpc) is 3.59. The second-order valence-electron chi connectivity index (χ2n) is 13.0. The summed E-state index contributed by atoms with van der Waals surface area (Å²) in [5.41, 5.74) is 11.1. The van der Waals surface area contributed by atoms with Crippen LogP contribution in [0.5, 0.6) is 0 Å². The van der Waals surface area contributed by atoms with Gasteiger partial charge in [-0.3, -0.25) is 14.2 Å². The van der Waals surface area contributed by atoms with Crippen molar-refractivity contribution < 1.29 is 19.5 Å². The number of amides is 2. The Kier molecular flexibility index (Phi) is 9.40. The molecule has 1 saturated carbocycles. The van der Waals surface area contributed by atoms with E-state index in [4.69, 9.17) is 10.8 Å². The van der Waals surface area contributed by atoms with Crippen molar-refractivity contribution in [2.24, 2.45) is 11.1 Å². The number of carbonyl (C=O) groups is 3. The minimum Gasteiger partial charge on any atom is -0.465 e. The molecule has 3 heterocycles. The van der Waals surface area contributed by atoms with Crippen LogP contribution in [-0.2, 0) is 6.42 Å². The van der Waals surface area contributed by atoms with Gasteiger partial charge in [-0.2, -0.15) is 0 Å². The molecule has 0 unspecified atom stereocenters. The Bertz CT molecular complexity index is 1480. The predicted octanol–water partition coefficient (Wildman–Crippen LogP) is 6.11. The molecule has 2 fully saturated rings. The van der Waals surface area contributed by atoms with Gasteiger partial charge in [0.15, 0.2) is 0 Å². The number of nitrogens with two attached hydrogens (primary N) is 1. The van der Waals surface area contributed by atoms with Crippen molar-refractivity contribution in [3.63, 3.8) is 0 Å². The van der Waals surface area contributed by atoms with Crippen molar-refractivity contribution in [3.8, 4) is 11.1 Å². The lowest BCUT2D eigenvalue weighted by molar-refractivity contribution is 0.0816. The lowest BCUT2D eigenvalue weighted by Crippen LogP contribution is -2.32. The summed E-state index contributed by atoms with van der Waals surface area (Å²) in [5.74, 6) is -0.275. The summed E-state index contributed by atoms with van der Waals surface area (Å²) in [6.45, 7) is 7.97. The second kappa shape index (κ2) is 13.2. The zero-order valence-electron chi connectivity index (χ0n) is 25.5. The van der Waals surface area contributed by atoms with Crippen molar-refractivity contribution in [1.82, 2.24) is 14.8 Å². The number of rotatable bonds is 7. The summed E-state index contributed by atoms with van der Waals surface area (Å²) < 4.78 is 1.91. The highest BCUT2D eigenvalue weighted by molar-refractivity contribution is 6.06. The molecule has 9 heteroatoms. The first kappa shape index (κ1) is 30.6. The van der Waals surface area contributed by atoms with E-state index in [-0.39, 0.29) is 11.3 Å². The fourth-order valence-corrected chi connectivity index (χ4v) is 6.90. The lowest BCUT2D eigenvalue weighted by atomic mass is 9.80. The summed E-state index contributed by atoms with van der Waals surface area (Å²) in [7, 11) is 0. The fraction of sp³-hybridized carbons (Fsp3) is 0.500. The minimum atomic E-state index is -0.927. The number of anilines is 1. The average molecular weight is 588 g/mol. The van der Waals surface area contributed by atoms with Gasteiger partial charge in [0, 0.05) is 47.9 Å². The normalized spacial score (nSPS) is 18.5. The zero-order chi connectivity index (χ0) is 30.6. The predicted molar refractivity (Wildman–Crippen MR) is 171 cm³/mol. The molecule has 2 amide bonds. The van der Waals surface area contributed by atoms with Crippen LogP contribution >= 0.6 is 0 Å². The van der Waals surface area contributed by atoms with Gasteiger partial charge in [0.25, 0.3) is 5.91 Å². The maximum Gasteiger partial charge on any atom is 0.404 e. The molecule has 5 N–H and O–H groups in total. The molecule has 0 radical (unpaired) electrons. The molecule has 9 nitrogen and oxygen atoms in total. The van der Waals surface area contributed by atoms with Crippen molar-refractivity contribution in [2.75, 3.05) is 31.5 Å². The maximum absolute atomic E-state index is 13.1. The lowest BCUT2D eigenvalue weighted by Gasteiger charge is -2.30. The van der Waals surface area contributed by atoms with Crippen LogP contribution in [0.3, 0.4) is 0 Å². The highest BCUT2D eigenvalue weighted by atomic mass is 16.4. The van der Waals surface area contributed by atoms with E-state index in [1.165, 1.54) is 32.1 Å². The monoisotopic (exact) mass is 587 g/mol. The van der Waals surface area contributed by atoms with E-state index in [0.29, 0.717) is 24.6 Å². The van der Waals surface area contributed by atoms with E-state index in [1.54, 1.807) is 0 Å². The fourth-order valence-electron chi connectivity index (χ4n) is 6.90. The Morgan fingerprint density at radius 3 is 2.42 bits per heavy atom. The Labute approximate surface area is 253 Å². The van der Waals surface area contributed by atoms with Crippen molar-refractivity contribution in [1.29, 1.82) is 0 Å². The Morgan fingerprint density at radius 2 is 1.72 bits per heavy atom. The van der Waals surface area contributed by atoms with Crippen LogP contribution in [0.4, 0.5) is 10.5 Å². The van der Waals surface area contributed by atoms with Crippen LogP contribution in [-0.4, -0.2) is 64.7 Å². The number of carboxylic acid groups (broad SMARTS) is 1. The van der Waals surface area contributed by atoms with E-state index < -0.39 is 12.0 Å². The van der Waals surface area contributed by atoms with Crippen LogP contribution in [0.15, 0.2) is 42.5 Å². The molecule has 0 atom stereocenters. The van der Waals surface area contributed by atoms with Gasteiger partial charge < -0.3 is 26.4 Å². The van der Waals surface area contributed by atoms with Gasteiger partial charge in [0.05, 0.1) is 11.1 Å². The SMILES string of the molecule is CC1(C)CC(=O)n2c(c(-c3ccc(C(N)=O)c(NC4CCCCC4)c3)c3ccccc32)C1.O=C(O)NCCN1CCCC1. The number of carbonyl (C=O) groups excluding carboxylic acids is 2. The summed E-state index contributed by atoms with van der Waals surface area (Å²) in [6, 6.07) is 14.3. The van der Waals surface area contributed by atoms with Gasteiger partial charge in [-0.05, 0) is 74.4 Å². The van der Waals surface area contributed by atoms with Crippen molar-refractivity contribution >= 4 is 34.5 Å². The van der Waals surface area contributed by atoms with E-state index in [1.807, 2.05) is 34.9 Å². The third-order valence-corrected chi connectivity index (χ3v) is 8.94. The van der Waals surface area contributed by atoms with Gasteiger partial charge in [0.2, 0.25) is 5.91 Å². The van der Waals surface area contributed by atoms with E-state index in [0.717, 1.165) is 72.3 Å². The van der Waals surface area contributed by atoms with Crippen LogP contribution in [0, 0.1) is 5.41 Å². The molecule has 3 aliphatic rings. The molecule has 0 spiro atoms. The first-order chi connectivity index (χ1) is 20.6. The van der Waals surface area contributed by atoms with Crippen molar-refractivity contribution in [2.45, 2.75) is 77.7 Å². The van der Waals surface area contributed by atoms with Crippen molar-refractivity contribution in [3.05, 3.63) is 53.7 Å². The standard InChI is InChI=1S/C27H31N3O2.C7H14N2O2/c1-27(2)15-23-25(20-10-6-7-11-22(20)30(23)24(31)16-27)17-12-13-19(26(28)32)21(14-17)29-18-8-4-3-5-9-18;10-7(11)8-3-6-9-4-1-2-5-9/h6-7,10-14,18,29H,3-5,8-9,15-16H2,1-2H3,(H2,28,32);8H,1-6H2,(H,10,11). The third-order valence-electron chi connectivity index (χ3n) is 8.94. The Morgan fingerprint density at radius 1 is 1.00 bits per heavy atom. The molecule has 230 valence electrons. The first-order valence-corrected chi connectivity index (χ1v) is 15.7. The number of aromatic nitrogens is 1.